The molecule has 1 aliphatic rings. The van der Waals surface area contributed by atoms with Crippen molar-refractivity contribution >= 4 is 23.4 Å². The van der Waals surface area contributed by atoms with Crippen molar-refractivity contribution in [3.63, 3.8) is 0 Å². The molecule has 2 rings (SSSR count). The predicted octanol–water partition coefficient (Wildman–Crippen LogP) is 0.890. The van der Waals surface area contributed by atoms with E-state index in [2.05, 4.69) is 10.6 Å². The van der Waals surface area contributed by atoms with Gasteiger partial charge in [0.05, 0.1) is 0 Å². The maximum Gasteiger partial charge on any atom is 0.251 e. The largest absolute Gasteiger partial charge is 0.454 e. The van der Waals surface area contributed by atoms with Gasteiger partial charge in [-0.2, -0.15) is 0 Å². The van der Waals surface area contributed by atoms with E-state index in [1.54, 1.807) is 18.2 Å². The molecule has 7 heteroatoms. The van der Waals surface area contributed by atoms with Crippen molar-refractivity contribution in [1.82, 2.24) is 10.6 Å². The molecule has 0 saturated heterocycles. The number of halogens is 1. The van der Waals surface area contributed by atoms with Crippen molar-refractivity contribution in [3.8, 4) is 11.5 Å². The van der Waals surface area contributed by atoms with Gasteiger partial charge in [0.25, 0.3) is 5.91 Å². The van der Waals surface area contributed by atoms with Crippen molar-refractivity contribution in [2.75, 3.05) is 25.8 Å². The third-order valence-electron chi connectivity index (χ3n) is 2.69. The zero-order valence-corrected chi connectivity index (χ0v) is 11.5. The van der Waals surface area contributed by atoms with E-state index in [0.717, 1.165) is 0 Å². The van der Waals surface area contributed by atoms with Gasteiger partial charge in [0.1, 0.15) is 0 Å². The number of carbonyl (C=O) groups is 2. The lowest BCUT2D eigenvalue weighted by atomic mass is 10.2. The fraction of sp³-hybridized carbons (Fsp3) is 0.385. The topological polar surface area (TPSA) is 76.7 Å². The summed E-state index contributed by atoms with van der Waals surface area (Å²) >= 11 is 5.43. The van der Waals surface area contributed by atoms with Crippen LogP contribution in [0.25, 0.3) is 0 Å². The summed E-state index contributed by atoms with van der Waals surface area (Å²) < 4.78 is 10.4. The van der Waals surface area contributed by atoms with Crippen molar-refractivity contribution in [1.29, 1.82) is 0 Å². The second kappa shape index (κ2) is 7.00. The molecule has 0 unspecified atom stereocenters. The van der Waals surface area contributed by atoms with Gasteiger partial charge in [0.15, 0.2) is 11.5 Å². The first-order valence-electron chi connectivity index (χ1n) is 6.21. The summed E-state index contributed by atoms with van der Waals surface area (Å²) in [6, 6.07) is 4.98. The summed E-state index contributed by atoms with van der Waals surface area (Å²) in [5.74, 6) is 1.13. The van der Waals surface area contributed by atoms with Gasteiger partial charge in [-0.3, -0.25) is 9.59 Å². The molecule has 2 amide bonds. The second-order valence-electron chi connectivity index (χ2n) is 4.11. The maximum absolute atomic E-state index is 11.9. The highest BCUT2D eigenvalue weighted by atomic mass is 35.5. The molecule has 20 heavy (non-hydrogen) atoms. The van der Waals surface area contributed by atoms with E-state index in [4.69, 9.17) is 21.1 Å². The standard InChI is InChI=1S/C13H15ClN2O4/c14-4-3-12(17)15-5-6-16-13(18)9-1-2-10-11(7-9)20-8-19-10/h1-2,7H,3-6,8H2,(H,15,17)(H,16,18). The van der Waals surface area contributed by atoms with Crippen LogP contribution in [0.15, 0.2) is 18.2 Å². The summed E-state index contributed by atoms with van der Waals surface area (Å²) in [6.07, 6.45) is 0.275. The van der Waals surface area contributed by atoms with E-state index in [-0.39, 0.29) is 30.9 Å². The predicted molar refractivity (Wildman–Crippen MR) is 73.2 cm³/mol. The number of fused-ring (bicyclic) bond motifs is 1. The zero-order chi connectivity index (χ0) is 14.4. The Morgan fingerprint density at radius 1 is 1.15 bits per heavy atom. The Morgan fingerprint density at radius 3 is 2.70 bits per heavy atom. The molecule has 0 saturated carbocycles. The lowest BCUT2D eigenvalue weighted by molar-refractivity contribution is -0.120. The van der Waals surface area contributed by atoms with Crippen LogP contribution in [0.3, 0.4) is 0 Å². The highest BCUT2D eigenvalue weighted by molar-refractivity contribution is 6.18. The molecule has 0 radical (unpaired) electrons. The molecule has 0 atom stereocenters. The van der Waals surface area contributed by atoms with Crippen molar-refractivity contribution in [3.05, 3.63) is 23.8 Å². The number of rotatable bonds is 6. The number of carbonyl (C=O) groups excluding carboxylic acids is 2. The van der Waals surface area contributed by atoms with Crippen LogP contribution in [-0.2, 0) is 4.79 Å². The fourth-order valence-electron chi connectivity index (χ4n) is 1.69. The van der Waals surface area contributed by atoms with Crippen LogP contribution in [0, 0.1) is 0 Å². The molecule has 1 aromatic rings. The van der Waals surface area contributed by atoms with Crippen LogP contribution in [0.1, 0.15) is 16.8 Å². The average molecular weight is 299 g/mol. The molecule has 0 aliphatic carbocycles. The van der Waals surface area contributed by atoms with Crippen LogP contribution in [0.4, 0.5) is 0 Å². The van der Waals surface area contributed by atoms with E-state index >= 15 is 0 Å². The summed E-state index contributed by atoms with van der Waals surface area (Å²) in [5, 5.41) is 5.35. The molecule has 2 N–H and O–H groups in total. The number of benzene rings is 1. The Kier molecular flexibility index (Phi) is 5.06. The van der Waals surface area contributed by atoms with Gasteiger partial charge in [-0.05, 0) is 18.2 Å². The van der Waals surface area contributed by atoms with E-state index in [9.17, 15) is 9.59 Å². The lowest BCUT2D eigenvalue weighted by Crippen LogP contribution is -2.34. The first-order valence-corrected chi connectivity index (χ1v) is 6.74. The minimum absolute atomic E-state index is 0.127. The molecule has 0 bridgehead atoms. The molecule has 1 aliphatic heterocycles. The average Bonchev–Trinajstić information content (AvgIpc) is 2.91. The first-order chi connectivity index (χ1) is 9.70. The minimum atomic E-state index is -0.227. The number of hydrogen-bond donors (Lipinski definition) is 2. The van der Waals surface area contributed by atoms with Crippen LogP contribution in [-0.4, -0.2) is 37.6 Å². The summed E-state index contributed by atoms with van der Waals surface area (Å²) in [4.78, 5) is 23.0. The molecule has 1 heterocycles. The van der Waals surface area contributed by atoms with Crippen LogP contribution in [0.2, 0.25) is 0 Å². The van der Waals surface area contributed by atoms with E-state index < -0.39 is 0 Å². The monoisotopic (exact) mass is 298 g/mol. The van der Waals surface area contributed by atoms with Gasteiger partial charge in [-0.15, -0.1) is 11.6 Å². The highest BCUT2D eigenvalue weighted by Gasteiger charge is 2.15. The van der Waals surface area contributed by atoms with Gasteiger partial charge in [0, 0.05) is 31.0 Å². The zero-order valence-electron chi connectivity index (χ0n) is 10.8. The van der Waals surface area contributed by atoms with Crippen molar-refractivity contribution < 1.29 is 19.1 Å². The van der Waals surface area contributed by atoms with Crippen LogP contribution in [0.5, 0.6) is 11.5 Å². The molecule has 1 aromatic carbocycles. The van der Waals surface area contributed by atoms with E-state index in [0.29, 0.717) is 30.2 Å². The quantitative estimate of drug-likeness (QED) is 0.604. The minimum Gasteiger partial charge on any atom is -0.454 e. The van der Waals surface area contributed by atoms with E-state index in [1.165, 1.54) is 0 Å². The number of ether oxygens (including phenoxy) is 2. The van der Waals surface area contributed by atoms with Gasteiger partial charge < -0.3 is 20.1 Å². The highest BCUT2D eigenvalue weighted by Crippen LogP contribution is 2.32. The number of amides is 2. The van der Waals surface area contributed by atoms with Crippen molar-refractivity contribution in [2.45, 2.75) is 6.42 Å². The lowest BCUT2D eigenvalue weighted by Gasteiger charge is -2.07. The fourth-order valence-corrected chi connectivity index (χ4v) is 1.86. The second-order valence-corrected chi connectivity index (χ2v) is 4.49. The SMILES string of the molecule is O=C(CCCl)NCCNC(=O)c1ccc2c(c1)OCO2. The Labute approximate surface area is 121 Å². The number of hydrogen-bond acceptors (Lipinski definition) is 4. The Bertz CT molecular complexity index is 507. The smallest absolute Gasteiger partial charge is 0.251 e. The molecule has 0 aromatic heterocycles. The Hall–Kier alpha value is -1.95. The molecular weight excluding hydrogens is 284 g/mol. The Morgan fingerprint density at radius 2 is 1.90 bits per heavy atom. The van der Waals surface area contributed by atoms with Gasteiger partial charge in [-0.1, -0.05) is 0 Å². The van der Waals surface area contributed by atoms with Gasteiger partial charge in [-0.25, -0.2) is 0 Å². The molecule has 0 fully saturated rings. The maximum atomic E-state index is 11.9. The molecule has 0 spiro atoms. The third kappa shape index (κ3) is 3.77. The van der Waals surface area contributed by atoms with Gasteiger partial charge >= 0.3 is 0 Å². The summed E-state index contributed by atoms with van der Waals surface area (Å²) in [7, 11) is 0. The third-order valence-corrected chi connectivity index (χ3v) is 2.88. The molecular formula is C13H15ClN2O4. The summed E-state index contributed by atoms with van der Waals surface area (Å²) in [5.41, 5.74) is 0.487. The Balaban J connectivity index is 1.76. The van der Waals surface area contributed by atoms with Crippen LogP contribution >= 0.6 is 11.6 Å². The van der Waals surface area contributed by atoms with Crippen LogP contribution < -0.4 is 20.1 Å². The first kappa shape index (κ1) is 14.5. The molecule has 6 nitrogen and oxygen atoms in total. The molecule has 108 valence electrons. The van der Waals surface area contributed by atoms with E-state index in [1.807, 2.05) is 0 Å². The van der Waals surface area contributed by atoms with Gasteiger partial charge in [0.2, 0.25) is 12.7 Å². The normalized spacial score (nSPS) is 12.1. The summed E-state index contributed by atoms with van der Waals surface area (Å²) in [6.45, 7) is 0.889. The number of alkyl halides is 1. The van der Waals surface area contributed by atoms with Crippen molar-refractivity contribution in [2.24, 2.45) is 0 Å². The number of nitrogens with one attached hydrogen (secondary N) is 2.